The maximum Gasteiger partial charge on any atom is 0.126 e. The van der Waals surface area contributed by atoms with Crippen molar-refractivity contribution in [3.05, 3.63) is 23.4 Å². The smallest absolute Gasteiger partial charge is 0.126 e. The number of hydrogen-bond acceptors (Lipinski definition) is 3. The Morgan fingerprint density at radius 3 is 2.62 bits per heavy atom. The summed E-state index contributed by atoms with van der Waals surface area (Å²) < 4.78 is 0. The highest BCUT2D eigenvalue weighted by molar-refractivity contribution is 5.39. The molecule has 0 aliphatic rings. The fourth-order valence-corrected chi connectivity index (χ4v) is 1.13. The van der Waals surface area contributed by atoms with E-state index in [1.54, 1.807) is 0 Å². The molecule has 0 aliphatic carbocycles. The quantitative estimate of drug-likeness (QED) is 0.744. The van der Waals surface area contributed by atoms with Crippen molar-refractivity contribution in [2.75, 3.05) is 12.4 Å². The summed E-state index contributed by atoms with van der Waals surface area (Å²) in [5, 5.41) is 12.0. The molecule has 3 nitrogen and oxygen atoms in total. The number of nitrogens with one attached hydrogen (secondary N) is 1. The number of aromatic nitrogens is 1. The van der Waals surface area contributed by atoms with Crippen molar-refractivity contribution in [3.63, 3.8) is 0 Å². The highest BCUT2D eigenvalue weighted by Gasteiger charge is 2.04. The maximum atomic E-state index is 9.01. The summed E-state index contributed by atoms with van der Waals surface area (Å²) in [6, 6.07) is 3.79. The normalized spacial score (nSPS) is 10.5. The minimum absolute atomic E-state index is 0.0664. The van der Waals surface area contributed by atoms with Crippen molar-refractivity contribution >= 4 is 5.82 Å². The molecule has 0 radical (unpaired) electrons. The summed E-state index contributed by atoms with van der Waals surface area (Å²) in [7, 11) is 1.83. The molecule has 0 bridgehead atoms. The Labute approximate surface area is 78.8 Å². The van der Waals surface area contributed by atoms with Gasteiger partial charge in [-0.2, -0.15) is 0 Å². The van der Waals surface area contributed by atoms with Crippen LogP contribution in [-0.2, 0) is 6.61 Å². The zero-order chi connectivity index (χ0) is 9.84. The average Bonchev–Trinajstić information content (AvgIpc) is 2.16. The lowest BCUT2D eigenvalue weighted by atomic mass is 10.1. The molecule has 0 saturated heterocycles. The summed E-state index contributed by atoms with van der Waals surface area (Å²) >= 11 is 0. The fraction of sp³-hybridized carbons (Fsp3) is 0.500. The van der Waals surface area contributed by atoms with Gasteiger partial charge in [0.25, 0.3) is 0 Å². The first-order chi connectivity index (χ1) is 6.17. The molecule has 0 aliphatic heterocycles. The van der Waals surface area contributed by atoms with Gasteiger partial charge in [-0.3, -0.25) is 0 Å². The molecule has 0 amide bonds. The number of aliphatic hydroxyl groups is 1. The Bertz CT molecular complexity index is 262. The van der Waals surface area contributed by atoms with Crippen molar-refractivity contribution in [1.82, 2.24) is 4.98 Å². The van der Waals surface area contributed by atoms with Crippen LogP contribution in [-0.4, -0.2) is 17.1 Å². The van der Waals surface area contributed by atoms with Crippen LogP contribution in [0.3, 0.4) is 0 Å². The molecule has 72 valence electrons. The second kappa shape index (κ2) is 4.23. The first-order valence-electron chi connectivity index (χ1n) is 4.47. The van der Waals surface area contributed by atoms with Crippen LogP contribution >= 0.6 is 0 Å². The van der Waals surface area contributed by atoms with Gasteiger partial charge in [-0.1, -0.05) is 13.8 Å². The van der Waals surface area contributed by atoms with Crippen LogP contribution in [0.5, 0.6) is 0 Å². The van der Waals surface area contributed by atoms with Gasteiger partial charge in [0.1, 0.15) is 5.82 Å². The molecule has 0 spiro atoms. The second-order valence-electron chi connectivity index (χ2n) is 3.35. The highest BCUT2D eigenvalue weighted by atomic mass is 16.3. The lowest BCUT2D eigenvalue weighted by Crippen LogP contribution is -2.00. The topological polar surface area (TPSA) is 45.1 Å². The van der Waals surface area contributed by atoms with Crippen LogP contribution in [0, 0.1) is 0 Å². The molecule has 0 atom stereocenters. The van der Waals surface area contributed by atoms with E-state index >= 15 is 0 Å². The first kappa shape index (κ1) is 9.99. The molecule has 13 heavy (non-hydrogen) atoms. The van der Waals surface area contributed by atoms with Gasteiger partial charge in [0.15, 0.2) is 0 Å². The molecule has 2 N–H and O–H groups in total. The zero-order valence-corrected chi connectivity index (χ0v) is 8.33. The van der Waals surface area contributed by atoms with Gasteiger partial charge in [0.05, 0.1) is 6.61 Å². The molecule has 1 heterocycles. The SMILES string of the molecule is CNc1cc(CO)cc(C(C)C)n1. The zero-order valence-electron chi connectivity index (χ0n) is 8.33. The molecule has 0 saturated carbocycles. The van der Waals surface area contributed by atoms with E-state index in [1.165, 1.54) is 0 Å². The average molecular weight is 180 g/mol. The van der Waals surface area contributed by atoms with Crippen LogP contribution in [0.4, 0.5) is 5.82 Å². The summed E-state index contributed by atoms with van der Waals surface area (Å²) in [6.45, 7) is 4.24. The Hall–Kier alpha value is -1.09. The third-order valence-corrected chi connectivity index (χ3v) is 1.94. The van der Waals surface area contributed by atoms with E-state index in [2.05, 4.69) is 24.1 Å². The van der Waals surface area contributed by atoms with Crippen LogP contribution in [0.2, 0.25) is 0 Å². The Balaban J connectivity index is 3.07. The van der Waals surface area contributed by atoms with E-state index in [1.807, 2.05) is 19.2 Å². The Kier molecular flexibility index (Phi) is 3.25. The minimum atomic E-state index is 0.0664. The Morgan fingerprint density at radius 2 is 2.15 bits per heavy atom. The number of pyridine rings is 1. The van der Waals surface area contributed by atoms with Crippen LogP contribution in [0.1, 0.15) is 31.0 Å². The molecular weight excluding hydrogens is 164 g/mol. The van der Waals surface area contributed by atoms with Gasteiger partial charge in [0.2, 0.25) is 0 Å². The highest BCUT2D eigenvalue weighted by Crippen LogP contribution is 2.17. The summed E-state index contributed by atoms with van der Waals surface area (Å²) in [5.74, 6) is 1.20. The van der Waals surface area contributed by atoms with E-state index in [0.29, 0.717) is 5.92 Å². The second-order valence-corrected chi connectivity index (χ2v) is 3.35. The first-order valence-corrected chi connectivity index (χ1v) is 4.47. The van der Waals surface area contributed by atoms with Crippen molar-refractivity contribution in [1.29, 1.82) is 0 Å². The number of aliphatic hydroxyl groups excluding tert-OH is 1. The molecule has 3 heteroatoms. The Morgan fingerprint density at radius 1 is 1.46 bits per heavy atom. The van der Waals surface area contributed by atoms with Crippen molar-refractivity contribution in [2.45, 2.75) is 26.4 Å². The van der Waals surface area contributed by atoms with Crippen molar-refractivity contribution in [3.8, 4) is 0 Å². The largest absolute Gasteiger partial charge is 0.392 e. The monoisotopic (exact) mass is 180 g/mol. The minimum Gasteiger partial charge on any atom is -0.392 e. The number of anilines is 1. The van der Waals surface area contributed by atoms with Gasteiger partial charge in [-0.05, 0) is 23.6 Å². The summed E-state index contributed by atoms with van der Waals surface area (Å²) in [5.41, 5.74) is 1.92. The maximum absolute atomic E-state index is 9.01. The standard InChI is InChI=1S/C10H16N2O/c1-7(2)9-4-8(6-13)5-10(11-3)12-9/h4-5,7,13H,6H2,1-3H3,(H,11,12). The van der Waals surface area contributed by atoms with Crippen LogP contribution in [0.15, 0.2) is 12.1 Å². The van der Waals surface area contributed by atoms with E-state index in [4.69, 9.17) is 5.11 Å². The van der Waals surface area contributed by atoms with E-state index in [0.717, 1.165) is 17.1 Å². The van der Waals surface area contributed by atoms with Crippen molar-refractivity contribution in [2.24, 2.45) is 0 Å². The lowest BCUT2D eigenvalue weighted by Gasteiger charge is -2.09. The third kappa shape index (κ3) is 2.42. The van der Waals surface area contributed by atoms with Crippen LogP contribution in [0.25, 0.3) is 0 Å². The van der Waals surface area contributed by atoms with Gasteiger partial charge >= 0.3 is 0 Å². The summed E-state index contributed by atoms with van der Waals surface area (Å²) in [4.78, 5) is 4.38. The van der Waals surface area contributed by atoms with Gasteiger partial charge in [-0.25, -0.2) is 4.98 Å². The van der Waals surface area contributed by atoms with Crippen molar-refractivity contribution < 1.29 is 5.11 Å². The van der Waals surface area contributed by atoms with Crippen LogP contribution < -0.4 is 5.32 Å². The lowest BCUT2D eigenvalue weighted by molar-refractivity contribution is 0.281. The summed E-state index contributed by atoms with van der Waals surface area (Å²) in [6.07, 6.45) is 0. The fourth-order valence-electron chi connectivity index (χ4n) is 1.13. The molecule has 1 aromatic heterocycles. The number of rotatable bonds is 3. The van der Waals surface area contributed by atoms with E-state index in [-0.39, 0.29) is 6.61 Å². The molecule has 0 unspecified atom stereocenters. The molecule has 0 aromatic carbocycles. The predicted octanol–water partition coefficient (Wildman–Crippen LogP) is 1.74. The van der Waals surface area contributed by atoms with Gasteiger partial charge < -0.3 is 10.4 Å². The van der Waals surface area contributed by atoms with E-state index < -0.39 is 0 Å². The molecule has 0 fully saturated rings. The van der Waals surface area contributed by atoms with Gasteiger partial charge in [-0.15, -0.1) is 0 Å². The van der Waals surface area contributed by atoms with Gasteiger partial charge in [0, 0.05) is 12.7 Å². The third-order valence-electron chi connectivity index (χ3n) is 1.94. The molecule has 1 rings (SSSR count). The number of hydrogen-bond donors (Lipinski definition) is 2. The molecular formula is C10H16N2O. The van der Waals surface area contributed by atoms with E-state index in [9.17, 15) is 0 Å². The molecule has 1 aromatic rings. The predicted molar refractivity (Wildman–Crippen MR) is 53.8 cm³/mol. The number of nitrogens with zero attached hydrogens (tertiary/aromatic N) is 1.